The summed E-state index contributed by atoms with van der Waals surface area (Å²) in [6.07, 6.45) is 0. The molecule has 0 amide bonds. The van der Waals surface area contributed by atoms with Crippen LogP contribution in [0.1, 0.15) is 0 Å². The molecule has 0 fully saturated rings. The van der Waals surface area contributed by atoms with Gasteiger partial charge >= 0.3 is 0 Å². The molecular formula is CaHg3. The molecule has 0 saturated heterocycles. The summed E-state index contributed by atoms with van der Waals surface area (Å²) in [5, 5.41) is 0. The summed E-state index contributed by atoms with van der Waals surface area (Å²) < 4.78 is 0. The molecule has 0 aromatic carbocycles. The molecule has 0 spiro atoms. The van der Waals surface area contributed by atoms with E-state index < -0.39 is 0 Å². The van der Waals surface area contributed by atoms with E-state index in [-0.39, 0.29) is 121 Å². The molecule has 0 aromatic heterocycles. The van der Waals surface area contributed by atoms with Gasteiger partial charge in [-0.05, 0) is 0 Å². The van der Waals surface area contributed by atoms with Crippen molar-refractivity contribution < 1.29 is 83.0 Å². The molecule has 0 heterocycles. The molecule has 0 aromatic rings. The third-order valence-electron chi connectivity index (χ3n) is 0. The third kappa shape index (κ3) is 9.42. The summed E-state index contributed by atoms with van der Waals surface area (Å²) in [4.78, 5) is 0. The van der Waals surface area contributed by atoms with Crippen LogP contribution in [-0.2, 0) is 83.0 Å². The zero-order valence-electron chi connectivity index (χ0n) is 2.83. The van der Waals surface area contributed by atoms with E-state index in [2.05, 4.69) is 0 Å². The smallest absolute Gasteiger partial charge is 0 e. The van der Waals surface area contributed by atoms with Gasteiger partial charge in [0.2, 0.25) is 0 Å². The molecule has 0 N–H and O–H groups in total. The van der Waals surface area contributed by atoms with Crippen molar-refractivity contribution in [2.24, 2.45) is 0 Å². The standard InChI is InChI=1S/Ca.3Hg. The van der Waals surface area contributed by atoms with Gasteiger partial charge in [0.25, 0.3) is 0 Å². The molecule has 0 saturated carbocycles. The van der Waals surface area contributed by atoms with Crippen LogP contribution < -0.4 is 0 Å². The fraction of sp³-hybridized carbons (Fsp3) is 0. The normalized spacial score (nSPS) is 0. The third-order valence-corrected chi connectivity index (χ3v) is 0. The van der Waals surface area contributed by atoms with Gasteiger partial charge in [0.15, 0.2) is 0 Å². The molecule has 0 unspecified atom stereocenters. The summed E-state index contributed by atoms with van der Waals surface area (Å²) in [6.45, 7) is 0. The van der Waals surface area contributed by atoms with Crippen molar-refractivity contribution in [2.45, 2.75) is 0 Å². The van der Waals surface area contributed by atoms with Gasteiger partial charge in [-0.1, -0.05) is 0 Å². The van der Waals surface area contributed by atoms with E-state index >= 15 is 0 Å². The Hall–Kier alpha value is 4.06. The van der Waals surface area contributed by atoms with Crippen molar-refractivity contribution in [3.8, 4) is 0 Å². The first kappa shape index (κ1) is 24.4. The monoisotopic (exact) mass is 646 g/mol. The van der Waals surface area contributed by atoms with Crippen LogP contribution in [0.15, 0.2) is 0 Å². The molecule has 2 radical (unpaired) electrons. The molecule has 0 aliphatic heterocycles. The quantitative estimate of drug-likeness (QED) is 0.317. The zero-order chi connectivity index (χ0) is 0. The van der Waals surface area contributed by atoms with Gasteiger partial charge in [-0.2, -0.15) is 0 Å². The Labute approximate surface area is 117 Å². The van der Waals surface area contributed by atoms with Gasteiger partial charge in [0, 0.05) is 121 Å². The van der Waals surface area contributed by atoms with E-state index in [0.29, 0.717) is 0 Å². The van der Waals surface area contributed by atoms with E-state index in [1.165, 1.54) is 0 Å². The summed E-state index contributed by atoms with van der Waals surface area (Å²) in [5.41, 5.74) is 0. The van der Waals surface area contributed by atoms with Gasteiger partial charge in [0.1, 0.15) is 0 Å². The first-order valence-electron chi connectivity index (χ1n) is 0. The average Bonchev–Trinajstić information content (AvgIpc) is 0. The molecule has 0 atom stereocenters. The van der Waals surface area contributed by atoms with Crippen molar-refractivity contribution in [2.75, 3.05) is 0 Å². The molecule has 0 bridgehead atoms. The van der Waals surface area contributed by atoms with E-state index in [1.807, 2.05) is 0 Å². The maximum atomic E-state index is 0. The number of hydrogen-bond acceptors (Lipinski definition) is 0. The van der Waals surface area contributed by atoms with E-state index in [4.69, 9.17) is 0 Å². The van der Waals surface area contributed by atoms with Crippen LogP contribution in [0.25, 0.3) is 0 Å². The van der Waals surface area contributed by atoms with Crippen molar-refractivity contribution in [1.29, 1.82) is 0 Å². The Morgan fingerprint density at radius 3 is 0.500 bits per heavy atom. The molecule has 0 rings (SSSR count). The topological polar surface area (TPSA) is 0 Å². The van der Waals surface area contributed by atoms with Gasteiger partial charge in [-0.25, -0.2) is 0 Å². The maximum absolute atomic E-state index is 0. The molecule has 4 heteroatoms. The first-order valence-corrected chi connectivity index (χ1v) is 0. The maximum Gasteiger partial charge on any atom is 0 e. The second-order valence-corrected chi connectivity index (χ2v) is 0. The summed E-state index contributed by atoms with van der Waals surface area (Å²) in [5.74, 6) is 0. The zero-order valence-corrected chi connectivity index (χ0v) is 21.5. The van der Waals surface area contributed by atoms with Crippen molar-refractivity contribution in [3.05, 3.63) is 0 Å². The van der Waals surface area contributed by atoms with Gasteiger partial charge in [-0.3, -0.25) is 0 Å². The minimum Gasteiger partial charge on any atom is 0 e. The minimum atomic E-state index is 0. The van der Waals surface area contributed by atoms with Crippen LogP contribution in [0.2, 0.25) is 0 Å². The largest absolute Gasteiger partial charge is 0 e. The van der Waals surface area contributed by atoms with Gasteiger partial charge in [0.05, 0.1) is 0 Å². The van der Waals surface area contributed by atoms with Crippen LogP contribution in [-0.4, -0.2) is 37.7 Å². The fourth-order valence-corrected chi connectivity index (χ4v) is 0. The predicted octanol–water partition coefficient (Wildman–Crippen LogP) is -0.388. The van der Waals surface area contributed by atoms with Gasteiger partial charge < -0.3 is 0 Å². The average molecular weight is 642 g/mol. The summed E-state index contributed by atoms with van der Waals surface area (Å²) in [6, 6.07) is 0. The van der Waals surface area contributed by atoms with E-state index in [0.717, 1.165) is 0 Å². The second-order valence-electron chi connectivity index (χ2n) is 0. The molecule has 0 aliphatic carbocycles. The molecule has 0 aliphatic rings. The Kier molecular flexibility index (Phi) is 95.8. The Morgan fingerprint density at radius 2 is 0.500 bits per heavy atom. The van der Waals surface area contributed by atoms with E-state index in [1.54, 1.807) is 0 Å². The van der Waals surface area contributed by atoms with Crippen LogP contribution in [0.4, 0.5) is 0 Å². The van der Waals surface area contributed by atoms with E-state index in [9.17, 15) is 0 Å². The molecular weight excluding hydrogens is 642 g/mol. The number of rotatable bonds is 0. The summed E-state index contributed by atoms with van der Waals surface area (Å²) >= 11 is 0. The fourth-order valence-electron chi connectivity index (χ4n) is 0. The molecule has 0 nitrogen and oxygen atoms in total. The Bertz CT molecular complexity index is 3.25. The predicted molar refractivity (Wildman–Crippen MR) is 5.75 cm³/mol. The van der Waals surface area contributed by atoms with Crippen LogP contribution in [0, 0.1) is 0 Å². The summed E-state index contributed by atoms with van der Waals surface area (Å²) in [7, 11) is 0. The van der Waals surface area contributed by atoms with Crippen LogP contribution in [0.3, 0.4) is 0 Å². The van der Waals surface area contributed by atoms with Crippen LogP contribution >= 0.6 is 0 Å². The molecule has 8 valence electrons. The van der Waals surface area contributed by atoms with Crippen molar-refractivity contribution in [1.82, 2.24) is 0 Å². The molecule has 4 heavy (non-hydrogen) atoms. The Balaban J connectivity index is 0. The number of hydrogen-bond donors (Lipinski definition) is 0. The van der Waals surface area contributed by atoms with Gasteiger partial charge in [-0.15, -0.1) is 0 Å². The SMILES string of the molecule is [Ca].[Hg].[Hg].[Hg]. The van der Waals surface area contributed by atoms with Crippen molar-refractivity contribution in [3.63, 3.8) is 0 Å². The Morgan fingerprint density at radius 1 is 0.500 bits per heavy atom. The minimum absolute atomic E-state index is 0. The van der Waals surface area contributed by atoms with Crippen molar-refractivity contribution >= 4 is 37.7 Å². The first-order chi connectivity index (χ1) is 0. The second kappa shape index (κ2) is 15.7. The van der Waals surface area contributed by atoms with Crippen LogP contribution in [0.5, 0.6) is 0 Å².